The molecule has 0 saturated carbocycles. The predicted octanol–water partition coefficient (Wildman–Crippen LogP) is 1.37. The fourth-order valence-corrected chi connectivity index (χ4v) is 2.88. The molecule has 1 aromatic carbocycles. The topological polar surface area (TPSA) is 87.5 Å². The average molecular weight is 300 g/mol. The number of benzene rings is 1. The third-order valence-corrected chi connectivity index (χ3v) is 3.76. The molecule has 22 heavy (non-hydrogen) atoms. The largest absolute Gasteiger partial charge is 0.463 e. The number of amides is 2. The molecule has 2 amide bonds. The molecular formula is C16H16N2O4. The number of esters is 1. The Balaban J connectivity index is 2.62. The number of imide groups is 1. The Bertz CT molecular complexity index is 650. The van der Waals surface area contributed by atoms with Gasteiger partial charge in [0, 0.05) is 19.3 Å². The Morgan fingerprint density at radius 3 is 2.55 bits per heavy atom. The summed E-state index contributed by atoms with van der Waals surface area (Å²) in [4.78, 5) is 37.3. The van der Waals surface area contributed by atoms with Gasteiger partial charge in [-0.2, -0.15) is 5.26 Å². The fraction of sp³-hybridized carbons (Fsp3) is 0.375. The summed E-state index contributed by atoms with van der Waals surface area (Å²) in [5.41, 5.74) is -1.30. The van der Waals surface area contributed by atoms with E-state index < -0.39 is 29.2 Å². The van der Waals surface area contributed by atoms with Gasteiger partial charge in [0.1, 0.15) is 6.07 Å². The van der Waals surface area contributed by atoms with Crippen molar-refractivity contribution in [1.29, 1.82) is 5.26 Å². The van der Waals surface area contributed by atoms with Crippen molar-refractivity contribution in [1.82, 2.24) is 4.90 Å². The van der Waals surface area contributed by atoms with E-state index in [1.165, 1.54) is 0 Å². The first-order chi connectivity index (χ1) is 10.5. The molecule has 0 aromatic heterocycles. The number of carbonyl (C=O) groups excluding carboxylic acids is 3. The Labute approximate surface area is 128 Å². The van der Waals surface area contributed by atoms with Crippen molar-refractivity contribution in [2.75, 3.05) is 6.61 Å². The minimum Gasteiger partial charge on any atom is -0.463 e. The SMILES string of the molecule is CCOC(=O)C1(C#N)C(c2ccccc2)CC(=O)N1C(C)=O. The molecule has 1 aromatic rings. The van der Waals surface area contributed by atoms with Gasteiger partial charge in [-0.25, -0.2) is 4.79 Å². The van der Waals surface area contributed by atoms with Gasteiger partial charge in [0.05, 0.1) is 6.61 Å². The molecule has 6 heteroatoms. The van der Waals surface area contributed by atoms with Crippen molar-refractivity contribution in [2.45, 2.75) is 31.7 Å². The van der Waals surface area contributed by atoms with Crippen LogP contribution < -0.4 is 0 Å². The van der Waals surface area contributed by atoms with Crippen molar-refractivity contribution >= 4 is 17.8 Å². The highest BCUT2D eigenvalue weighted by molar-refractivity contribution is 6.06. The Kier molecular flexibility index (Phi) is 4.27. The molecular weight excluding hydrogens is 284 g/mol. The highest BCUT2D eigenvalue weighted by atomic mass is 16.5. The molecule has 0 N–H and O–H groups in total. The van der Waals surface area contributed by atoms with E-state index in [0.717, 1.165) is 11.8 Å². The van der Waals surface area contributed by atoms with Crippen LogP contribution in [0.15, 0.2) is 30.3 Å². The zero-order valence-electron chi connectivity index (χ0n) is 12.4. The monoisotopic (exact) mass is 300 g/mol. The van der Waals surface area contributed by atoms with Crippen molar-refractivity contribution in [2.24, 2.45) is 0 Å². The van der Waals surface area contributed by atoms with Gasteiger partial charge < -0.3 is 4.74 Å². The summed E-state index contributed by atoms with van der Waals surface area (Å²) in [6.07, 6.45) is -0.0873. The molecule has 1 saturated heterocycles. The van der Waals surface area contributed by atoms with Crippen LogP contribution >= 0.6 is 0 Å². The maximum absolute atomic E-state index is 12.5. The maximum Gasteiger partial charge on any atom is 0.348 e. The Morgan fingerprint density at radius 1 is 1.41 bits per heavy atom. The van der Waals surface area contributed by atoms with Crippen LogP contribution in [-0.2, 0) is 19.1 Å². The van der Waals surface area contributed by atoms with Crippen LogP contribution in [-0.4, -0.2) is 34.8 Å². The van der Waals surface area contributed by atoms with Crippen LogP contribution in [0.1, 0.15) is 31.7 Å². The average Bonchev–Trinajstić information content (AvgIpc) is 2.82. The molecule has 6 nitrogen and oxygen atoms in total. The van der Waals surface area contributed by atoms with E-state index in [2.05, 4.69) is 0 Å². The molecule has 0 bridgehead atoms. The number of nitriles is 1. The van der Waals surface area contributed by atoms with Gasteiger partial charge in [-0.3, -0.25) is 14.5 Å². The van der Waals surface area contributed by atoms with E-state index in [1.807, 2.05) is 6.07 Å². The highest BCUT2D eigenvalue weighted by Gasteiger charge is 2.62. The molecule has 114 valence electrons. The van der Waals surface area contributed by atoms with Crippen LogP contribution in [0.25, 0.3) is 0 Å². The van der Waals surface area contributed by atoms with Crippen LogP contribution in [0.3, 0.4) is 0 Å². The maximum atomic E-state index is 12.5. The molecule has 1 aliphatic rings. The first-order valence-electron chi connectivity index (χ1n) is 6.96. The van der Waals surface area contributed by atoms with E-state index in [9.17, 15) is 19.6 Å². The standard InChI is InChI=1S/C16H16N2O4/c1-3-22-15(21)16(10-17)13(12-7-5-4-6-8-12)9-14(20)18(16)11(2)19/h4-8,13H,3,9H2,1-2H3. The normalized spacial score (nSPS) is 24.0. The lowest BCUT2D eigenvalue weighted by molar-refractivity contribution is -0.161. The summed E-state index contributed by atoms with van der Waals surface area (Å²) < 4.78 is 4.99. The van der Waals surface area contributed by atoms with E-state index in [4.69, 9.17) is 4.74 Å². The lowest BCUT2D eigenvalue weighted by Gasteiger charge is -2.32. The molecule has 0 aliphatic carbocycles. The van der Waals surface area contributed by atoms with Crippen molar-refractivity contribution in [3.8, 4) is 6.07 Å². The second-order valence-corrected chi connectivity index (χ2v) is 5.01. The van der Waals surface area contributed by atoms with Gasteiger partial charge in [-0.1, -0.05) is 30.3 Å². The molecule has 1 aliphatic heterocycles. The second kappa shape index (κ2) is 5.98. The predicted molar refractivity (Wildman–Crippen MR) is 76.3 cm³/mol. The van der Waals surface area contributed by atoms with Crippen molar-refractivity contribution < 1.29 is 19.1 Å². The molecule has 2 unspecified atom stereocenters. The minimum absolute atomic E-state index is 0.0592. The first-order valence-corrected chi connectivity index (χ1v) is 6.96. The zero-order chi connectivity index (χ0) is 16.3. The van der Waals surface area contributed by atoms with E-state index in [-0.39, 0.29) is 13.0 Å². The number of likely N-dealkylation sites (tertiary alicyclic amines) is 1. The lowest BCUT2D eigenvalue weighted by atomic mass is 9.80. The zero-order valence-corrected chi connectivity index (χ0v) is 12.4. The molecule has 1 fully saturated rings. The van der Waals surface area contributed by atoms with Gasteiger partial charge in [0.15, 0.2) is 0 Å². The fourth-order valence-electron chi connectivity index (χ4n) is 2.88. The summed E-state index contributed by atoms with van der Waals surface area (Å²) in [5, 5.41) is 9.69. The molecule has 1 heterocycles. The minimum atomic E-state index is -1.94. The smallest absolute Gasteiger partial charge is 0.348 e. The third kappa shape index (κ3) is 2.25. The summed E-state index contributed by atoms with van der Waals surface area (Å²) in [7, 11) is 0. The lowest BCUT2D eigenvalue weighted by Crippen LogP contribution is -2.56. The Hall–Kier alpha value is -2.68. The van der Waals surface area contributed by atoms with Gasteiger partial charge in [-0.05, 0) is 12.5 Å². The van der Waals surface area contributed by atoms with E-state index in [1.54, 1.807) is 37.3 Å². The number of carbonyl (C=O) groups is 3. The van der Waals surface area contributed by atoms with Gasteiger partial charge in [0.2, 0.25) is 17.4 Å². The molecule has 2 rings (SSSR count). The van der Waals surface area contributed by atoms with Crippen molar-refractivity contribution in [3.05, 3.63) is 35.9 Å². The number of ether oxygens (including phenoxy) is 1. The number of hydrogen-bond donors (Lipinski definition) is 0. The molecule has 2 atom stereocenters. The van der Waals surface area contributed by atoms with Gasteiger partial charge in [0.25, 0.3) is 0 Å². The summed E-state index contributed by atoms with van der Waals surface area (Å²) in [5.74, 6) is -2.80. The van der Waals surface area contributed by atoms with Crippen LogP contribution in [0.2, 0.25) is 0 Å². The summed E-state index contributed by atoms with van der Waals surface area (Å²) in [6, 6.07) is 10.6. The van der Waals surface area contributed by atoms with E-state index in [0.29, 0.717) is 5.56 Å². The molecule has 0 spiro atoms. The highest BCUT2D eigenvalue weighted by Crippen LogP contribution is 2.43. The van der Waals surface area contributed by atoms with Gasteiger partial charge >= 0.3 is 5.97 Å². The number of hydrogen-bond acceptors (Lipinski definition) is 5. The number of rotatable bonds is 3. The van der Waals surface area contributed by atoms with Crippen LogP contribution in [0.5, 0.6) is 0 Å². The second-order valence-electron chi connectivity index (χ2n) is 5.01. The Morgan fingerprint density at radius 2 is 2.05 bits per heavy atom. The van der Waals surface area contributed by atoms with Crippen LogP contribution in [0, 0.1) is 11.3 Å². The van der Waals surface area contributed by atoms with Crippen molar-refractivity contribution in [3.63, 3.8) is 0 Å². The first kappa shape index (κ1) is 15.7. The third-order valence-electron chi connectivity index (χ3n) is 3.76. The quantitative estimate of drug-likeness (QED) is 0.787. The summed E-state index contributed by atoms with van der Waals surface area (Å²) in [6.45, 7) is 2.83. The number of nitrogens with zero attached hydrogens (tertiary/aromatic N) is 2. The van der Waals surface area contributed by atoms with Crippen LogP contribution in [0.4, 0.5) is 0 Å². The molecule has 0 radical (unpaired) electrons. The van der Waals surface area contributed by atoms with E-state index >= 15 is 0 Å². The summed E-state index contributed by atoms with van der Waals surface area (Å²) >= 11 is 0. The van der Waals surface area contributed by atoms with Gasteiger partial charge in [-0.15, -0.1) is 0 Å².